The van der Waals surface area contributed by atoms with Gasteiger partial charge in [-0.15, -0.1) is 0 Å². The fourth-order valence-electron chi connectivity index (χ4n) is 5.07. The third-order valence-corrected chi connectivity index (χ3v) is 6.41. The average Bonchev–Trinajstić information content (AvgIpc) is 3.20. The summed E-state index contributed by atoms with van der Waals surface area (Å²) in [7, 11) is 0. The van der Waals surface area contributed by atoms with Crippen LogP contribution in [0.1, 0.15) is 76.6 Å². The quantitative estimate of drug-likeness (QED) is 0.802. The summed E-state index contributed by atoms with van der Waals surface area (Å²) in [6, 6.07) is 0.910. The van der Waals surface area contributed by atoms with Crippen LogP contribution >= 0.6 is 12.2 Å². The molecule has 132 valence electrons. The predicted molar refractivity (Wildman–Crippen MR) is 101 cm³/mol. The van der Waals surface area contributed by atoms with E-state index in [1.54, 1.807) is 0 Å². The van der Waals surface area contributed by atoms with E-state index < -0.39 is 0 Å². The Labute approximate surface area is 150 Å². The van der Waals surface area contributed by atoms with Crippen molar-refractivity contribution in [2.75, 3.05) is 0 Å². The Hall–Kier alpha value is -1.10. The first-order valence-electron chi connectivity index (χ1n) is 9.56. The van der Waals surface area contributed by atoms with Crippen LogP contribution in [0.3, 0.4) is 0 Å². The topological polar surface area (TPSA) is 41.9 Å². The molecule has 2 N–H and O–H groups in total. The number of nitrogens with zero attached hydrogens (tertiary/aromatic N) is 2. The lowest BCUT2D eigenvalue weighted by Crippen LogP contribution is -2.45. The molecule has 0 saturated heterocycles. The minimum absolute atomic E-state index is 0.0390. The fraction of sp³-hybridized carbons (Fsp3) is 0.789. The smallest absolute Gasteiger partial charge is 0.167 e. The van der Waals surface area contributed by atoms with Gasteiger partial charge in [0.2, 0.25) is 0 Å². The van der Waals surface area contributed by atoms with Gasteiger partial charge in [-0.2, -0.15) is 5.10 Å². The minimum atomic E-state index is 0.0390. The van der Waals surface area contributed by atoms with E-state index in [9.17, 15) is 0 Å². The Morgan fingerprint density at radius 1 is 1.21 bits per heavy atom. The molecule has 3 aliphatic carbocycles. The van der Waals surface area contributed by atoms with Crippen LogP contribution in [0.4, 0.5) is 0 Å². The monoisotopic (exact) mass is 346 g/mol. The minimum Gasteiger partial charge on any atom is -0.360 e. The molecule has 0 amide bonds. The zero-order valence-electron chi connectivity index (χ0n) is 15.1. The van der Waals surface area contributed by atoms with Crippen molar-refractivity contribution in [2.45, 2.75) is 83.3 Å². The van der Waals surface area contributed by atoms with E-state index in [0.29, 0.717) is 12.1 Å². The first kappa shape index (κ1) is 16.4. The number of nitrogens with one attached hydrogen (secondary N) is 2. The second-order valence-electron chi connectivity index (χ2n) is 8.97. The molecule has 24 heavy (non-hydrogen) atoms. The highest BCUT2D eigenvalue weighted by molar-refractivity contribution is 7.80. The molecule has 4 nitrogen and oxygen atoms in total. The lowest BCUT2D eigenvalue weighted by Gasteiger charge is -2.30. The predicted octanol–water partition coefficient (Wildman–Crippen LogP) is 3.67. The lowest BCUT2D eigenvalue weighted by atomic mass is 9.92. The van der Waals surface area contributed by atoms with E-state index in [0.717, 1.165) is 29.8 Å². The highest BCUT2D eigenvalue weighted by atomic mass is 32.1. The summed E-state index contributed by atoms with van der Waals surface area (Å²) in [6.07, 6.45) is 11.0. The van der Waals surface area contributed by atoms with Crippen LogP contribution in [0.15, 0.2) is 6.20 Å². The first-order chi connectivity index (χ1) is 11.4. The van der Waals surface area contributed by atoms with Crippen LogP contribution in [-0.2, 0) is 12.0 Å². The molecule has 2 bridgehead atoms. The Morgan fingerprint density at radius 2 is 2.04 bits per heavy atom. The van der Waals surface area contributed by atoms with Gasteiger partial charge in [0.05, 0.1) is 17.8 Å². The lowest BCUT2D eigenvalue weighted by molar-refractivity contribution is 0.336. The van der Waals surface area contributed by atoms with Crippen LogP contribution in [0.25, 0.3) is 0 Å². The number of rotatable bonds is 2. The summed E-state index contributed by atoms with van der Waals surface area (Å²) < 4.78 is 2.20. The zero-order valence-corrected chi connectivity index (χ0v) is 16.0. The molecule has 2 fully saturated rings. The van der Waals surface area contributed by atoms with Crippen molar-refractivity contribution in [3.05, 3.63) is 17.5 Å². The van der Waals surface area contributed by atoms with Gasteiger partial charge in [0, 0.05) is 17.3 Å². The average molecular weight is 347 g/mol. The second kappa shape index (κ2) is 6.01. The van der Waals surface area contributed by atoms with Gasteiger partial charge in [0.15, 0.2) is 5.11 Å². The number of hydrogen-bond donors (Lipinski definition) is 2. The van der Waals surface area contributed by atoms with Gasteiger partial charge in [-0.25, -0.2) is 0 Å². The van der Waals surface area contributed by atoms with Crippen LogP contribution < -0.4 is 10.6 Å². The van der Waals surface area contributed by atoms with Crippen molar-refractivity contribution in [2.24, 2.45) is 11.8 Å². The maximum atomic E-state index is 5.65. The summed E-state index contributed by atoms with van der Waals surface area (Å²) >= 11 is 5.65. The molecule has 4 rings (SSSR count). The number of aromatic nitrogens is 2. The van der Waals surface area contributed by atoms with Crippen molar-refractivity contribution in [1.29, 1.82) is 0 Å². The molecule has 1 aromatic heterocycles. The number of hydrogen-bond acceptors (Lipinski definition) is 2. The molecule has 1 heterocycles. The number of fused-ring (bicyclic) bond motifs is 3. The molecule has 0 radical (unpaired) electrons. The fourth-order valence-corrected chi connectivity index (χ4v) is 5.37. The maximum Gasteiger partial charge on any atom is 0.167 e. The molecule has 5 heteroatoms. The largest absolute Gasteiger partial charge is 0.360 e. The normalized spacial score (nSPS) is 31.8. The third kappa shape index (κ3) is 2.96. The maximum absolute atomic E-state index is 5.65. The van der Waals surface area contributed by atoms with Gasteiger partial charge < -0.3 is 10.6 Å². The van der Waals surface area contributed by atoms with Crippen molar-refractivity contribution < 1.29 is 0 Å². The van der Waals surface area contributed by atoms with Crippen molar-refractivity contribution >= 4 is 17.3 Å². The van der Waals surface area contributed by atoms with E-state index in [2.05, 4.69) is 47.4 Å². The van der Waals surface area contributed by atoms with Crippen LogP contribution in [-0.4, -0.2) is 20.9 Å². The zero-order chi connectivity index (χ0) is 16.9. The molecule has 1 aromatic rings. The molecule has 2 saturated carbocycles. The van der Waals surface area contributed by atoms with Gasteiger partial charge in [-0.05, 0) is 83.3 Å². The molecule has 0 aromatic carbocycles. The van der Waals surface area contributed by atoms with Crippen molar-refractivity contribution in [1.82, 2.24) is 20.4 Å². The molecule has 0 spiro atoms. The van der Waals surface area contributed by atoms with Gasteiger partial charge in [0.25, 0.3) is 0 Å². The number of thiocarbonyl (C=S) groups is 1. The molecule has 0 unspecified atom stereocenters. The Morgan fingerprint density at radius 3 is 2.71 bits per heavy atom. The summed E-state index contributed by atoms with van der Waals surface area (Å²) in [5.41, 5.74) is 2.76. The molecule has 0 aliphatic heterocycles. The van der Waals surface area contributed by atoms with E-state index >= 15 is 0 Å². The Balaban J connectivity index is 1.43. The van der Waals surface area contributed by atoms with Gasteiger partial charge in [0.1, 0.15) is 0 Å². The summed E-state index contributed by atoms with van der Waals surface area (Å²) in [5.74, 6) is 1.79. The highest BCUT2D eigenvalue weighted by Gasteiger charge is 2.40. The summed E-state index contributed by atoms with van der Waals surface area (Å²) in [5, 5.41) is 12.7. The Bertz CT molecular complexity index is 630. The summed E-state index contributed by atoms with van der Waals surface area (Å²) in [6.45, 7) is 6.66. The van der Waals surface area contributed by atoms with Gasteiger partial charge in [-0.3, -0.25) is 4.68 Å². The molecule has 4 atom stereocenters. The molecule has 3 aliphatic rings. The van der Waals surface area contributed by atoms with E-state index in [1.807, 2.05) is 0 Å². The van der Waals surface area contributed by atoms with Crippen LogP contribution in [0.2, 0.25) is 0 Å². The SMILES string of the molecule is CC(C)(C)n1ncc2c1CCC[C@@H]2NC(=S)N[C@H]1C[C@H]2CC[C@H]1C2. The van der Waals surface area contributed by atoms with Crippen LogP contribution in [0.5, 0.6) is 0 Å². The standard InChI is InChI=1S/C19H30N4S/c1-19(2,3)23-17-6-4-5-15(14(17)11-20-23)21-18(24)22-16-10-12-7-8-13(16)9-12/h11-13,15-16H,4-10H2,1-3H3,(H2,21,22,24)/t12-,13-,15-,16-/m0/s1. The van der Waals surface area contributed by atoms with Crippen LogP contribution in [0, 0.1) is 11.8 Å². The van der Waals surface area contributed by atoms with Gasteiger partial charge >= 0.3 is 0 Å². The first-order valence-corrected chi connectivity index (χ1v) is 9.97. The van der Waals surface area contributed by atoms with E-state index in [1.165, 1.54) is 43.4 Å². The van der Waals surface area contributed by atoms with Crippen molar-refractivity contribution in [3.8, 4) is 0 Å². The molecular weight excluding hydrogens is 316 g/mol. The van der Waals surface area contributed by atoms with Gasteiger partial charge in [-0.1, -0.05) is 6.42 Å². The molecular formula is C19H30N4S. The van der Waals surface area contributed by atoms with E-state index in [4.69, 9.17) is 12.2 Å². The highest BCUT2D eigenvalue weighted by Crippen LogP contribution is 2.44. The Kier molecular flexibility index (Phi) is 4.10. The van der Waals surface area contributed by atoms with E-state index in [-0.39, 0.29) is 5.54 Å². The second-order valence-corrected chi connectivity index (χ2v) is 9.38. The summed E-state index contributed by atoms with van der Waals surface area (Å²) in [4.78, 5) is 0. The third-order valence-electron chi connectivity index (χ3n) is 6.18. The van der Waals surface area contributed by atoms with Crippen molar-refractivity contribution in [3.63, 3.8) is 0 Å².